The van der Waals surface area contributed by atoms with E-state index in [2.05, 4.69) is 31.0 Å². The molecule has 0 bridgehead atoms. The Kier molecular flexibility index (Phi) is 9.33. The Hall–Kier alpha value is -2.42. The van der Waals surface area contributed by atoms with Gasteiger partial charge in [0.25, 0.3) is 0 Å². The second-order valence-electron chi connectivity index (χ2n) is 6.90. The lowest BCUT2D eigenvalue weighted by atomic mass is 9.94. The van der Waals surface area contributed by atoms with Crippen LogP contribution in [0.2, 0.25) is 0 Å². The summed E-state index contributed by atoms with van der Waals surface area (Å²) in [5.41, 5.74) is 2.41. The summed E-state index contributed by atoms with van der Waals surface area (Å²) >= 11 is 0. The first kappa shape index (κ1) is 20.9. The number of unbranched alkanes of at least 4 members (excludes halogenated alkanes) is 3. The molecule has 0 fully saturated rings. The molecule has 1 heterocycles. The predicted octanol–water partition coefficient (Wildman–Crippen LogP) is 6.25. The van der Waals surface area contributed by atoms with Gasteiger partial charge in [0.05, 0.1) is 0 Å². The van der Waals surface area contributed by atoms with Gasteiger partial charge in [-0.2, -0.15) is 0 Å². The normalized spacial score (nSPS) is 12.2. The summed E-state index contributed by atoms with van der Waals surface area (Å²) in [6.07, 6.45) is 13.3. The van der Waals surface area contributed by atoms with Crippen molar-refractivity contribution >= 4 is 5.97 Å². The number of hydrogen-bond acceptors (Lipinski definition) is 3. The van der Waals surface area contributed by atoms with E-state index < -0.39 is 0 Å². The Morgan fingerprint density at radius 2 is 1.85 bits per heavy atom. The smallest absolute Gasteiger partial charge is 0.337 e. The van der Waals surface area contributed by atoms with E-state index in [0.717, 1.165) is 19.3 Å². The van der Waals surface area contributed by atoms with Crippen LogP contribution in [0.4, 0.5) is 0 Å². The molecule has 2 aromatic rings. The third-order valence-electron chi connectivity index (χ3n) is 4.61. The largest absolute Gasteiger partial charge is 0.404 e. The third-order valence-corrected chi connectivity index (χ3v) is 4.61. The van der Waals surface area contributed by atoms with Gasteiger partial charge in [0.1, 0.15) is 0 Å². The summed E-state index contributed by atoms with van der Waals surface area (Å²) in [5, 5.41) is 0. The minimum absolute atomic E-state index is 0.224. The van der Waals surface area contributed by atoms with Crippen LogP contribution in [0.5, 0.6) is 5.88 Å². The van der Waals surface area contributed by atoms with Gasteiger partial charge >= 0.3 is 5.97 Å². The SMILES string of the molecule is CCCCCCc1ccc(OC(=O)/C=C/C(CCC)c2ccccc2)nc1. The summed E-state index contributed by atoms with van der Waals surface area (Å²) < 4.78 is 5.34. The van der Waals surface area contributed by atoms with Gasteiger partial charge in [-0.1, -0.05) is 82.0 Å². The minimum Gasteiger partial charge on any atom is -0.404 e. The van der Waals surface area contributed by atoms with Crippen molar-refractivity contribution in [3.8, 4) is 5.88 Å². The summed E-state index contributed by atoms with van der Waals surface area (Å²) in [6, 6.07) is 14.0. The first-order valence-corrected chi connectivity index (χ1v) is 10.1. The topological polar surface area (TPSA) is 39.2 Å². The van der Waals surface area contributed by atoms with Gasteiger partial charge in [0, 0.05) is 24.3 Å². The van der Waals surface area contributed by atoms with Crippen molar-refractivity contribution in [3.05, 3.63) is 71.9 Å². The Morgan fingerprint density at radius 3 is 2.52 bits per heavy atom. The zero-order valence-corrected chi connectivity index (χ0v) is 16.6. The number of nitrogens with zero attached hydrogens (tertiary/aromatic N) is 1. The molecule has 1 unspecified atom stereocenters. The molecular weight excluding hydrogens is 334 g/mol. The molecule has 0 aliphatic heterocycles. The summed E-state index contributed by atoms with van der Waals surface area (Å²) in [4.78, 5) is 16.4. The number of ether oxygens (including phenoxy) is 1. The van der Waals surface area contributed by atoms with Crippen LogP contribution >= 0.6 is 0 Å². The van der Waals surface area contributed by atoms with Gasteiger partial charge in [-0.15, -0.1) is 0 Å². The van der Waals surface area contributed by atoms with Gasteiger partial charge in [-0.25, -0.2) is 9.78 Å². The summed E-state index contributed by atoms with van der Waals surface area (Å²) in [7, 11) is 0. The molecule has 0 aliphatic rings. The second-order valence-corrected chi connectivity index (χ2v) is 6.90. The van der Waals surface area contributed by atoms with Gasteiger partial charge in [-0.3, -0.25) is 0 Å². The lowest BCUT2D eigenvalue weighted by Gasteiger charge is -2.11. The van der Waals surface area contributed by atoms with Gasteiger partial charge in [-0.05, 0) is 30.4 Å². The standard InChI is InChI=1S/C24H31NO2/c1-3-5-6-8-12-20-15-17-23(25-19-20)27-24(26)18-16-21(11-4-2)22-13-9-7-10-14-22/h7,9-10,13-19,21H,3-6,8,11-12H2,1-2H3/b18-16+. The molecule has 3 nitrogen and oxygen atoms in total. The van der Waals surface area contributed by atoms with E-state index in [1.165, 1.54) is 42.9 Å². The highest BCUT2D eigenvalue weighted by Crippen LogP contribution is 2.22. The molecule has 1 aromatic heterocycles. The van der Waals surface area contributed by atoms with Crippen LogP contribution in [0.15, 0.2) is 60.8 Å². The van der Waals surface area contributed by atoms with Gasteiger partial charge in [0.15, 0.2) is 0 Å². The molecule has 0 spiro atoms. The van der Waals surface area contributed by atoms with Crippen LogP contribution in [0.3, 0.4) is 0 Å². The average Bonchev–Trinajstić information content (AvgIpc) is 2.70. The molecule has 0 aliphatic carbocycles. The fourth-order valence-corrected chi connectivity index (χ4v) is 3.09. The lowest BCUT2D eigenvalue weighted by molar-refractivity contribution is -0.129. The average molecular weight is 366 g/mol. The van der Waals surface area contributed by atoms with Crippen LogP contribution in [-0.2, 0) is 11.2 Å². The van der Waals surface area contributed by atoms with E-state index in [1.54, 1.807) is 6.07 Å². The van der Waals surface area contributed by atoms with Crippen molar-refractivity contribution in [2.24, 2.45) is 0 Å². The number of allylic oxidation sites excluding steroid dienone is 1. The van der Waals surface area contributed by atoms with Crippen molar-refractivity contribution in [1.82, 2.24) is 4.98 Å². The van der Waals surface area contributed by atoms with Crippen molar-refractivity contribution in [3.63, 3.8) is 0 Å². The predicted molar refractivity (Wildman–Crippen MR) is 111 cm³/mol. The van der Waals surface area contributed by atoms with Crippen LogP contribution in [0, 0.1) is 0 Å². The highest BCUT2D eigenvalue weighted by molar-refractivity contribution is 5.83. The van der Waals surface area contributed by atoms with Crippen molar-refractivity contribution in [1.29, 1.82) is 0 Å². The van der Waals surface area contributed by atoms with Crippen molar-refractivity contribution in [2.75, 3.05) is 0 Å². The first-order chi connectivity index (χ1) is 13.2. The number of esters is 1. The van der Waals surface area contributed by atoms with E-state index in [0.29, 0.717) is 5.88 Å². The number of rotatable bonds is 11. The van der Waals surface area contributed by atoms with Gasteiger partial charge in [0.2, 0.25) is 5.88 Å². The zero-order chi connectivity index (χ0) is 19.3. The van der Waals surface area contributed by atoms with Crippen molar-refractivity contribution < 1.29 is 9.53 Å². The number of carbonyl (C=O) groups excluding carboxylic acids is 1. The van der Waals surface area contributed by atoms with E-state index in [4.69, 9.17) is 4.74 Å². The Labute approximate surface area is 163 Å². The number of carbonyl (C=O) groups is 1. The number of hydrogen-bond donors (Lipinski definition) is 0. The van der Waals surface area contributed by atoms with E-state index >= 15 is 0 Å². The molecule has 1 atom stereocenters. The van der Waals surface area contributed by atoms with Crippen LogP contribution in [0.1, 0.15) is 69.4 Å². The Bertz CT molecular complexity index is 692. The Balaban J connectivity index is 1.87. The van der Waals surface area contributed by atoms with Crippen LogP contribution in [-0.4, -0.2) is 11.0 Å². The molecule has 0 radical (unpaired) electrons. The third kappa shape index (κ3) is 7.78. The number of aryl methyl sites for hydroxylation is 1. The van der Waals surface area contributed by atoms with E-state index in [1.807, 2.05) is 36.5 Å². The Morgan fingerprint density at radius 1 is 1.04 bits per heavy atom. The highest BCUT2D eigenvalue weighted by Gasteiger charge is 2.08. The number of pyridine rings is 1. The summed E-state index contributed by atoms with van der Waals surface area (Å²) in [6.45, 7) is 4.36. The molecule has 0 N–H and O–H groups in total. The monoisotopic (exact) mass is 365 g/mol. The van der Waals surface area contributed by atoms with Crippen molar-refractivity contribution in [2.45, 2.75) is 64.7 Å². The molecule has 27 heavy (non-hydrogen) atoms. The maximum atomic E-state index is 12.1. The fraction of sp³-hybridized carbons (Fsp3) is 0.417. The lowest BCUT2D eigenvalue weighted by Crippen LogP contribution is -2.06. The quantitative estimate of drug-likeness (QED) is 0.268. The van der Waals surface area contributed by atoms with E-state index in [-0.39, 0.29) is 11.9 Å². The highest BCUT2D eigenvalue weighted by atomic mass is 16.5. The fourth-order valence-electron chi connectivity index (χ4n) is 3.09. The number of aromatic nitrogens is 1. The molecule has 2 rings (SSSR count). The van der Waals surface area contributed by atoms with E-state index in [9.17, 15) is 4.79 Å². The molecule has 0 saturated carbocycles. The number of benzene rings is 1. The first-order valence-electron chi connectivity index (χ1n) is 10.1. The second kappa shape index (κ2) is 12.1. The molecule has 0 saturated heterocycles. The molecular formula is C24H31NO2. The molecule has 1 aromatic carbocycles. The van der Waals surface area contributed by atoms with Crippen LogP contribution < -0.4 is 4.74 Å². The van der Waals surface area contributed by atoms with Crippen LogP contribution in [0.25, 0.3) is 0 Å². The minimum atomic E-state index is -0.379. The maximum Gasteiger partial charge on any atom is 0.337 e. The molecule has 0 amide bonds. The van der Waals surface area contributed by atoms with Gasteiger partial charge < -0.3 is 4.74 Å². The maximum absolute atomic E-state index is 12.1. The molecule has 3 heteroatoms. The molecule has 144 valence electrons. The summed E-state index contributed by atoms with van der Waals surface area (Å²) in [5.74, 6) is 0.200. The zero-order valence-electron chi connectivity index (χ0n) is 16.6.